The Bertz CT molecular complexity index is 704. The number of pyridine rings is 1. The molecule has 1 aromatic carbocycles. The number of benzene rings is 1. The number of carbonyl (C=O) groups excluding carboxylic acids is 1. The molecule has 0 aliphatic carbocycles. The van der Waals surface area contributed by atoms with Crippen molar-refractivity contribution >= 4 is 32.8 Å². The predicted octanol–water partition coefficient (Wildman–Crippen LogP) is 3.27. The predicted molar refractivity (Wildman–Crippen MR) is 77.6 cm³/mol. The standard InChI is InChI=1S/C14H14BrNO3/c1-8(2)16-7-13(19-9(3)17)14(18)11-5-4-10(15)6-12(11)16/h4-8H,1-3H3. The van der Waals surface area contributed by atoms with Crippen LogP contribution in [0.25, 0.3) is 10.9 Å². The summed E-state index contributed by atoms with van der Waals surface area (Å²) in [4.78, 5) is 23.3. The van der Waals surface area contributed by atoms with Crippen molar-refractivity contribution in [2.45, 2.75) is 26.8 Å². The summed E-state index contributed by atoms with van der Waals surface area (Å²) in [6, 6.07) is 5.56. The summed E-state index contributed by atoms with van der Waals surface area (Å²) in [6.07, 6.45) is 1.59. The number of halogens is 1. The molecule has 100 valence electrons. The van der Waals surface area contributed by atoms with E-state index >= 15 is 0 Å². The van der Waals surface area contributed by atoms with Crippen LogP contribution in [-0.4, -0.2) is 10.5 Å². The van der Waals surface area contributed by atoms with Crippen molar-refractivity contribution < 1.29 is 9.53 Å². The Morgan fingerprint density at radius 3 is 2.63 bits per heavy atom. The topological polar surface area (TPSA) is 48.3 Å². The van der Waals surface area contributed by atoms with Crippen molar-refractivity contribution in [1.82, 2.24) is 4.57 Å². The molecule has 1 heterocycles. The Balaban J connectivity index is 2.82. The number of ether oxygens (including phenoxy) is 1. The van der Waals surface area contributed by atoms with E-state index in [0.29, 0.717) is 5.39 Å². The van der Waals surface area contributed by atoms with Gasteiger partial charge in [-0.05, 0) is 32.0 Å². The molecule has 0 aliphatic heterocycles. The summed E-state index contributed by atoms with van der Waals surface area (Å²) in [5.41, 5.74) is 0.542. The quantitative estimate of drug-likeness (QED) is 0.797. The molecule has 0 unspecified atom stereocenters. The first-order valence-corrected chi connectivity index (χ1v) is 6.72. The number of esters is 1. The summed E-state index contributed by atoms with van der Waals surface area (Å²) in [5.74, 6) is -0.431. The van der Waals surface area contributed by atoms with Crippen molar-refractivity contribution in [3.8, 4) is 5.75 Å². The maximum absolute atomic E-state index is 12.2. The number of carbonyl (C=O) groups is 1. The van der Waals surface area contributed by atoms with Gasteiger partial charge in [0.05, 0.1) is 11.7 Å². The van der Waals surface area contributed by atoms with Gasteiger partial charge in [0.2, 0.25) is 5.43 Å². The van der Waals surface area contributed by atoms with Crippen molar-refractivity contribution in [2.24, 2.45) is 0 Å². The minimum absolute atomic E-state index is 0.0658. The molecule has 0 radical (unpaired) electrons. The summed E-state index contributed by atoms with van der Waals surface area (Å²) < 4.78 is 7.80. The van der Waals surface area contributed by atoms with Crippen LogP contribution >= 0.6 is 15.9 Å². The second-order valence-corrected chi connectivity index (χ2v) is 5.49. The SMILES string of the molecule is CC(=O)Oc1cn(C(C)C)c2cc(Br)ccc2c1=O. The first kappa shape index (κ1) is 13.8. The van der Waals surface area contributed by atoms with Gasteiger partial charge in [0.25, 0.3) is 0 Å². The number of hydrogen-bond acceptors (Lipinski definition) is 3. The average Bonchev–Trinajstić information content (AvgIpc) is 2.31. The van der Waals surface area contributed by atoms with Crippen molar-refractivity contribution in [1.29, 1.82) is 0 Å². The molecule has 4 nitrogen and oxygen atoms in total. The lowest BCUT2D eigenvalue weighted by Gasteiger charge is -2.16. The zero-order valence-electron chi connectivity index (χ0n) is 10.9. The van der Waals surface area contributed by atoms with Gasteiger partial charge >= 0.3 is 5.97 Å². The van der Waals surface area contributed by atoms with Crippen molar-refractivity contribution in [3.63, 3.8) is 0 Å². The van der Waals surface area contributed by atoms with E-state index in [4.69, 9.17) is 4.74 Å². The highest BCUT2D eigenvalue weighted by Gasteiger charge is 2.13. The maximum Gasteiger partial charge on any atom is 0.308 e. The summed E-state index contributed by atoms with van der Waals surface area (Å²) in [5, 5.41) is 0.538. The molecular weight excluding hydrogens is 310 g/mol. The molecule has 0 aliphatic rings. The molecule has 2 rings (SSSR count). The molecule has 0 saturated carbocycles. The van der Waals surface area contributed by atoms with Crippen LogP contribution in [0.5, 0.6) is 5.75 Å². The van der Waals surface area contributed by atoms with Crippen LogP contribution in [0, 0.1) is 0 Å². The first-order chi connectivity index (χ1) is 8.90. The largest absolute Gasteiger partial charge is 0.421 e. The third-order valence-electron chi connectivity index (χ3n) is 2.77. The number of aromatic nitrogens is 1. The van der Waals surface area contributed by atoms with Gasteiger partial charge in [0, 0.05) is 22.8 Å². The van der Waals surface area contributed by atoms with Gasteiger partial charge in [0.1, 0.15) is 0 Å². The van der Waals surface area contributed by atoms with E-state index in [-0.39, 0.29) is 17.2 Å². The van der Waals surface area contributed by atoms with Gasteiger partial charge in [-0.2, -0.15) is 0 Å². The second-order valence-electron chi connectivity index (χ2n) is 4.58. The van der Waals surface area contributed by atoms with Crippen molar-refractivity contribution in [3.05, 3.63) is 39.1 Å². The Kier molecular flexibility index (Phi) is 3.75. The van der Waals surface area contributed by atoms with E-state index in [9.17, 15) is 9.59 Å². The molecule has 5 heteroatoms. The van der Waals surface area contributed by atoms with E-state index in [0.717, 1.165) is 9.99 Å². The molecule has 0 amide bonds. The molecule has 0 fully saturated rings. The van der Waals surface area contributed by atoms with Crippen LogP contribution in [0.1, 0.15) is 26.8 Å². The second kappa shape index (κ2) is 5.17. The minimum Gasteiger partial charge on any atom is -0.421 e. The lowest BCUT2D eigenvalue weighted by Crippen LogP contribution is -2.16. The Hall–Kier alpha value is -1.62. The van der Waals surface area contributed by atoms with Gasteiger partial charge in [-0.25, -0.2) is 0 Å². The molecule has 19 heavy (non-hydrogen) atoms. The third kappa shape index (κ3) is 2.71. The van der Waals surface area contributed by atoms with Crippen LogP contribution < -0.4 is 10.2 Å². The average molecular weight is 324 g/mol. The van der Waals surface area contributed by atoms with Gasteiger partial charge in [0.15, 0.2) is 5.75 Å². The van der Waals surface area contributed by atoms with Gasteiger partial charge in [-0.15, -0.1) is 0 Å². The Labute approximate surface area is 119 Å². The zero-order valence-corrected chi connectivity index (χ0v) is 12.5. The van der Waals surface area contributed by atoms with E-state index in [2.05, 4.69) is 15.9 Å². The first-order valence-electron chi connectivity index (χ1n) is 5.93. The number of rotatable bonds is 2. The molecule has 1 aromatic heterocycles. The molecule has 0 saturated heterocycles. The summed E-state index contributed by atoms with van der Waals surface area (Å²) in [6.45, 7) is 5.29. The van der Waals surface area contributed by atoms with E-state index in [1.54, 1.807) is 18.3 Å². The number of fused-ring (bicyclic) bond motifs is 1. The molecule has 0 spiro atoms. The molecule has 0 atom stereocenters. The lowest BCUT2D eigenvalue weighted by molar-refractivity contribution is -0.131. The fourth-order valence-electron chi connectivity index (χ4n) is 1.95. The normalized spacial score (nSPS) is 11.0. The monoisotopic (exact) mass is 323 g/mol. The van der Waals surface area contributed by atoms with Crippen molar-refractivity contribution in [2.75, 3.05) is 0 Å². The fraction of sp³-hybridized carbons (Fsp3) is 0.286. The van der Waals surface area contributed by atoms with Crippen LogP contribution in [0.3, 0.4) is 0 Å². The summed E-state index contributed by atoms with van der Waals surface area (Å²) >= 11 is 3.40. The minimum atomic E-state index is -0.496. The third-order valence-corrected chi connectivity index (χ3v) is 3.27. The number of nitrogens with zero attached hydrogens (tertiary/aromatic N) is 1. The summed E-state index contributed by atoms with van der Waals surface area (Å²) in [7, 11) is 0. The van der Waals surface area contributed by atoms with Gasteiger partial charge < -0.3 is 9.30 Å². The molecule has 2 aromatic rings. The van der Waals surface area contributed by atoms with E-state index in [1.165, 1.54) is 6.92 Å². The van der Waals surface area contributed by atoms with Crippen LogP contribution in [0.15, 0.2) is 33.7 Å². The molecule has 0 bridgehead atoms. The maximum atomic E-state index is 12.2. The van der Waals surface area contributed by atoms with Crippen LogP contribution in [-0.2, 0) is 4.79 Å². The van der Waals surface area contributed by atoms with E-state index in [1.807, 2.05) is 24.5 Å². The van der Waals surface area contributed by atoms with E-state index < -0.39 is 5.97 Å². The zero-order chi connectivity index (χ0) is 14.2. The molecular formula is C14H14BrNO3. The highest BCUT2D eigenvalue weighted by molar-refractivity contribution is 9.10. The van der Waals surface area contributed by atoms with Crippen LogP contribution in [0.2, 0.25) is 0 Å². The number of hydrogen-bond donors (Lipinski definition) is 0. The van der Waals surface area contributed by atoms with Gasteiger partial charge in [-0.3, -0.25) is 9.59 Å². The lowest BCUT2D eigenvalue weighted by atomic mass is 10.2. The highest BCUT2D eigenvalue weighted by Crippen LogP contribution is 2.23. The highest BCUT2D eigenvalue weighted by atomic mass is 79.9. The fourth-order valence-corrected chi connectivity index (χ4v) is 2.30. The Morgan fingerprint density at radius 2 is 2.05 bits per heavy atom. The van der Waals surface area contributed by atoms with Gasteiger partial charge in [-0.1, -0.05) is 15.9 Å². The Morgan fingerprint density at radius 1 is 1.37 bits per heavy atom. The van der Waals surface area contributed by atoms with Crippen LogP contribution in [0.4, 0.5) is 0 Å². The molecule has 0 N–H and O–H groups in total. The smallest absolute Gasteiger partial charge is 0.308 e.